The van der Waals surface area contributed by atoms with E-state index in [0.717, 1.165) is 6.42 Å². The summed E-state index contributed by atoms with van der Waals surface area (Å²) in [6, 6.07) is -0.510. The van der Waals surface area contributed by atoms with E-state index in [4.69, 9.17) is 5.11 Å². The molecule has 2 atom stereocenters. The van der Waals surface area contributed by atoms with Crippen molar-refractivity contribution in [3.05, 3.63) is 0 Å². The molecular weight excluding hydrogens is 268 g/mol. The molecule has 106 valence electrons. The van der Waals surface area contributed by atoms with Crippen LogP contribution in [0.15, 0.2) is 0 Å². The largest absolute Gasteiger partial charge is 0.480 e. The van der Waals surface area contributed by atoms with Crippen molar-refractivity contribution >= 4 is 29.5 Å². The number of carbonyl (C=O) groups is 3. The lowest BCUT2D eigenvalue weighted by molar-refractivity contribution is -0.148. The molecule has 2 heterocycles. The Labute approximate surface area is 116 Å². The van der Waals surface area contributed by atoms with Gasteiger partial charge in [0.05, 0.1) is 4.87 Å². The number of amides is 2. The maximum absolute atomic E-state index is 12.4. The first-order chi connectivity index (χ1) is 8.89. The third-order valence-electron chi connectivity index (χ3n) is 3.75. The molecule has 6 nitrogen and oxygen atoms in total. The van der Waals surface area contributed by atoms with Crippen LogP contribution < -0.4 is 0 Å². The molecule has 0 aliphatic carbocycles. The molecule has 2 fully saturated rings. The van der Waals surface area contributed by atoms with Crippen LogP contribution in [-0.4, -0.2) is 62.4 Å². The van der Waals surface area contributed by atoms with E-state index in [9.17, 15) is 14.4 Å². The molecule has 7 heteroatoms. The van der Waals surface area contributed by atoms with E-state index in [1.54, 1.807) is 23.6 Å². The van der Waals surface area contributed by atoms with E-state index in [0.29, 0.717) is 18.7 Å². The van der Waals surface area contributed by atoms with Crippen molar-refractivity contribution in [2.24, 2.45) is 0 Å². The fraction of sp³-hybridized carbons (Fsp3) is 0.750. The molecule has 0 aromatic heterocycles. The van der Waals surface area contributed by atoms with Gasteiger partial charge in [-0.3, -0.25) is 14.4 Å². The fourth-order valence-corrected chi connectivity index (χ4v) is 4.15. The molecule has 2 saturated heterocycles. The minimum Gasteiger partial charge on any atom is -0.480 e. The lowest BCUT2D eigenvalue weighted by Gasteiger charge is -2.32. The first kappa shape index (κ1) is 14.2. The number of fused-ring (bicyclic) bond motifs is 1. The summed E-state index contributed by atoms with van der Waals surface area (Å²) in [6.07, 6.45) is 1.23. The van der Waals surface area contributed by atoms with Crippen LogP contribution in [0, 0.1) is 0 Å². The zero-order valence-corrected chi connectivity index (χ0v) is 11.9. The predicted molar refractivity (Wildman–Crippen MR) is 70.6 cm³/mol. The number of carboxylic acid groups (broad SMARTS) is 1. The lowest BCUT2D eigenvalue weighted by Crippen LogP contribution is -2.52. The van der Waals surface area contributed by atoms with Gasteiger partial charge in [-0.25, -0.2) is 0 Å². The Kier molecular flexibility index (Phi) is 3.75. The molecule has 0 saturated carbocycles. The Hall–Kier alpha value is -1.24. The van der Waals surface area contributed by atoms with Gasteiger partial charge in [-0.2, -0.15) is 0 Å². The molecular formula is C12H18N2O4S. The summed E-state index contributed by atoms with van der Waals surface area (Å²) < 4.78 is 0. The molecule has 1 N–H and O–H groups in total. The number of carboxylic acids is 1. The zero-order valence-electron chi connectivity index (χ0n) is 11.1. The minimum atomic E-state index is -1.03. The molecule has 2 aliphatic rings. The van der Waals surface area contributed by atoms with Crippen molar-refractivity contribution in [1.82, 2.24) is 9.80 Å². The van der Waals surface area contributed by atoms with Gasteiger partial charge in [-0.1, -0.05) is 0 Å². The minimum absolute atomic E-state index is 0.00257. The molecule has 0 spiro atoms. The number of hydrogen-bond acceptors (Lipinski definition) is 4. The normalized spacial score (nSPS) is 29.5. The second-order valence-corrected chi connectivity index (χ2v) is 6.51. The summed E-state index contributed by atoms with van der Waals surface area (Å²) in [5.41, 5.74) is 0. The van der Waals surface area contributed by atoms with Crippen molar-refractivity contribution in [2.75, 3.05) is 18.8 Å². The Morgan fingerprint density at radius 2 is 2.26 bits per heavy atom. The van der Waals surface area contributed by atoms with E-state index in [2.05, 4.69) is 0 Å². The van der Waals surface area contributed by atoms with E-state index in [-0.39, 0.29) is 23.2 Å². The van der Waals surface area contributed by atoms with Crippen molar-refractivity contribution in [1.29, 1.82) is 0 Å². The summed E-state index contributed by atoms with van der Waals surface area (Å²) in [7, 11) is 0. The highest BCUT2D eigenvalue weighted by molar-refractivity contribution is 8.01. The van der Waals surface area contributed by atoms with E-state index >= 15 is 0 Å². The number of nitrogens with zero attached hydrogens (tertiary/aromatic N) is 2. The van der Waals surface area contributed by atoms with Crippen LogP contribution in [0.4, 0.5) is 0 Å². The second-order valence-electron chi connectivity index (χ2n) is 5.01. The van der Waals surface area contributed by atoms with Crippen LogP contribution in [0.1, 0.15) is 26.7 Å². The molecule has 2 amide bonds. The van der Waals surface area contributed by atoms with Crippen molar-refractivity contribution in [3.8, 4) is 0 Å². The van der Waals surface area contributed by atoms with Gasteiger partial charge in [-0.05, 0) is 20.3 Å². The first-order valence-electron chi connectivity index (χ1n) is 6.35. The van der Waals surface area contributed by atoms with E-state index < -0.39 is 12.0 Å². The maximum Gasteiger partial charge on any atom is 0.323 e. The predicted octanol–water partition coefficient (Wildman–Crippen LogP) is 0.373. The van der Waals surface area contributed by atoms with Crippen LogP contribution in [0.25, 0.3) is 0 Å². The molecule has 19 heavy (non-hydrogen) atoms. The Bertz CT molecular complexity index is 428. The third-order valence-corrected chi connectivity index (χ3v) is 5.25. The van der Waals surface area contributed by atoms with Crippen LogP contribution >= 0.6 is 11.8 Å². The molecule has 0 radical (unpaired) electrons. The van der Waals surface area contributed by atoms with Gasteiger partial charge in [0.25, 0.3) is 0 Å². The highest BCUT2D eigenvalue weighted by Crippen LogP contribution is 2.47. The zero-order chi connectivity index (χ0) is 14.2. The summed E-state index contributed by atoms with van der Waals surface area (Å²) in [6.45, 7) is 3.75. The van der Waals surface area contributed by atoms with Crippen molar-refractivity contribution in [3.63, 3.8) is 0 Å². The van der Waals surface area contributed by atoms with Crippen LogP contribution in [0.2, 0.25) is 0 Å². The average Bonchev–Trinajstić information content (AvgIpc) is 2.83. The number of rotatable bonds is 4. The molecule has 0 aromatic rings. The average molecular weight is 286 g/mol. The second kappa shape index (κ2) is 5.03. The monoisotopic (exact) mass is 286 g/mol. The summed E-state index contributed by atoms with van der Waals surface area (Å²) in [5, 5.41) is 8.82. The Morgan fingerprint density at radius 1 is 1.58 bits per heavy atom. The number of carbonyl (C=O) groups excluding carboxylic acids is 2. The topological polar surface area (TPSA) is 77.9 Å². The van der Waals surface area contributed by atoms with Gasteiger partial charge in [-0.15, -0.1) is 11.8 Å². The summed E-state index contributed by atoms with van der Waals surface area (Å²) in [4.78, 5) is 37.8. The summed E-state index contributed by atoms with van der Waals surface area (Å²) >= 11 is 1.61. The maximum atomic E-state index is 12.4. The Balaban J connectivity index is 2.15. The highest BCUT2D eigenvalue weighted by atomic mass is 32.2. The highest BCUT2D eigenvalue weighted by Gasteiger charge is 2.53. The number of likely N-dealkylation sites (N-methyl/N-ethyl adjacent to an activating group) is 1. The quantitative estimate of drug-likeness (QED) is 0.808. The van der Waals surface area contributed by atoms with Crippen molar-refractivity contribution in [2.45, 2.75) is 37.6 Å². The molecule has 0 bridgehead atoms. The van der Waals surface area contributed by atoms with E-state index in [1.807, 2.05) is 6.92 Å². The van der Waals surface area contributed by atoms with Crippen LogP contribution in [-0.2, 0) is 14.4 Å². The molecule has 2 unspecified atom stereocenters. The smallest absolute Gasteiger partial charge is 0.323 e. The van der Waals surface area contributed by atoms with Gasteiger partial charge in [0, 0.05) is 18.7 Å². The van der Waals surface area contributed by atoms with Crippen LogP contribution in [0.5, 0.6) is 0 Å². The fourth-order valence-electron chi connectivity index (χ4n) is 2.72. The molecule has 2 rings (SSSR count). The van der Waals surface area contributed by atoms with Crippen LogP contribution in [0.3, 0.4) is 0 Å². The molecule has 0 aromatic carbocycles. The van der Waals surface area contributed by atoms with Crippen molar-refractivity contribution < 1.29 is 19.5 Å². The number of aliphatic carboxylic acids is 1. The number of hydrogen-bond donors (Lipinski definition) is 1. The Morgan fingerprint density at radius 3 is 2.84 bits per heavy atom. The summed E-state index contributed by atoms with van der Waals surface area (Å²) in [5.74, 6) is -0.734. The van der Waals surface area contributed by atoms with Gasteiger partial charge in [0.15, 0.2) is 0 Å². The number of thioether (sulfide) groups is 1. The van der Waals surface area contributed by atoms with Gasteiger partial charge >= 0.3 is 5.97 Å². The first-order valence-corrected chi connectivity index (χ1v) is 7.34. The SMILES string of the molecule is CCN(CC(=O)O)C(=O)C1CSC2(C)CCC(=O)N12. The third kappa shape index (κ3) is 2.43. The standard InChI is InChI=1S/C12H18N2O4S/c1-3-13(6-10(16)17)11(18)8-7-19-12(2)5-4-9(15)14(8)12/h8H,3-7H2,1-2H3,(H,16,17). The molecule has 2 aliphatic heterocycles. The lowest BCUT2D eigenvalue weighted by atomic mass is 10.2. The van der Waals surface area contributed by atoms with Gasteiger partial charge < -0.3 is 14.9 Å². The van der Waals surface area contributed by atoms with E-state index in [1.165, 1.54) is 4.90 Å². The van der Waals surface area contributed by atoms with Gasteiger partial charge in [0.1, 0.15) is 12.6 Å². The van der Waals surface area contributed by atoms with Gasteiger partial charge in [0.2, 0.25) is 11.8 Å².